The van der Waals surface area contributed by atoms with Crippen molar-refractivity contribution in [3.8, 4) is 39.7 Å². The van der Waals surface area contributed by atoms with Gasteiger partial charge in [-0.15, -0.1) is 0 Å². The van der Waals surface area contributed by atoms with Gasteiger partial charge in [0.1, 0.15) is 16.9 Å². The predicted octanol–water partition coefficient (Wildman–Crippen LogP) is 8.34. The number of nitrogens with two attached hydrogens (primary N) is 1. The molecular formula is C43H30N6O. The molecule has 0 fully saturated rings. The normalized spacial score (nSPS) is 11.3. The number of benzene rings is 5. The van der Waals surface area contributed by atoms with E-state index in [0.29, 0.717) is 11.1 Å². The topological polar surface area (TPSA) is 102 Å². The first-order valence-electron chi connectivity index (χ1n) is 16.2. The first-order chi connectivity index (χ1) is 24.6. The average Bonchev–Trinajstić information content (AvgIpc) is 3.82. The van der Waals surface area contributed by atoms with Crippen LogP contribution in [0.15, 0.2) is 170 Å². The first-order valence-corrected chi connectivity index (χ1v) is 16.2. The number of aromatic nitrogens is 4. The molecule has 7 nitrogen and oxygen atoms in total. The Morgan fingerprint density at radius 3 is 1.72 bits per heavy atom. The Hall–Kier alpha value is -7.04. The quantitative estimate of drug-likeness (QED) is 0.168. The van der Waals surface area contributed by atoms with Crippen molar-refractivity contribution >= 4 is 11.6 Å². The third-order valence-corrected chi connectivity index (χ3v) is 9.20. The molecule has 3 heterocycles. The van der Waals surface area contributed by atoms with Crippen LogP contribution in [0.3, 0.4) is 0 Å². The van der Waals surface area contributed by atoms with Gasteiger partial charge in [-0.2, -0.15) is 10.4 Å². The van der Waals surface area contributed by atoms with E-state index in [-0.39, 0.29) is 0 Å². The van der Waals surface area contributed by atoms with Crippen LogP contribution in [-0.4, -0.2) is 25.1 Å². The lowest BCUT2D eigenvalue weighted by atomic mass is 9.77. The highest BCUT2D eigenvalue weighted by Gasteiger charge is 2.40. The highest BCUT2D eigenvalue weighted by atomic mass is 16.1. The smallest absolute Gasteiger partial charge is 0.248 e. The number of carbonyl (C=O) groups is 1. The van der Waals surface area contributed by atoms with Gasteiger partial charge in [-0.25, -0.2) is 4.98 Å². The predicted molar refractivity (Wildman–Crippen MR) is 195 cm³/mol. The van der Waals surface area contributed by atoms with Crippen LogP contribution in [0.1, 0.15) is 32.6 Å². The van der Waals surface area contributed by atoms with Crippen molar-refractivity contribution in [2.24, 2.45) is 5.73 Å². The molecular weight excluding hydrogens is 617 g/mol. The molecule has 0 atom stereocenters. The monoisotopic (exact) mass is 646 g/mol. The molecule has 7 heteroatoms. The number of hydrogen-bond donors (Lipinski definition) is 1. The van der Waals surface area contributed by atoms with Gasteiger partial charge in [0, 0.05) is 40.2 Å². The van der Waals surface area contributed by atoms with Crippen LogP contribution < -0.4 is 5.73 Å². The number of rotatable bonds is 8. The number of nitriles is 1. The molecule has 0 saturated carbocycles. The number of hydrogen-bond acceptors (Lipinski definition) is 4. The van der Waals surface area contributed by atoms with Crippen molar-refractivity contribution < 1.29 is 4.79 Å². The largest absolute Gasteiger partial charge is 0.366 e. The molecule has 2 N–H and O–H groups in total. The lowest BCUT2D eigenvalue weighted by molar-refractivity contribution is 0.100. The van der Waals surface area contributed by atoms with Gasteiger partial charge in [-0.05, 0) is 53.1 Å². The summed E-state index contributed by atoms with van der Waals surface area (Å²) in [6.45, 7) is 0. The van der Waals surface area contributed by atoms with Crippen molar-refractivity contribution in [1.29, 1.82) is 5.26 Å². The zero-order chi connectivity index (χ0) is 34.1. The van der Waals surface area contributed by atoms with E-state index in [1.807, 2.05) is 71.3 Å². The van der Waals surface area contributed by atoms with Crippen molar-refractivity contribution in [1.82, 2.24) is 19.2 Å². The molecule has 0 radical (unpaired) electrons. The van der Waals surface area contributed by atoms with Gasteiger partial charge in [0.15, 0.2) is 0 Å². The Morgan fingerprint density at radius 2 is 1.18 bits per heavy atom. The van der Waals surface area contributed by atoms with Gasteiger partial charge in [-0.1, -0.05) is 115 Å². The minimum Gasteiger partial charge on any atom is -0.366 e. The zero-order valence-electron chi connectivity index (χ0n) is 26.9. The average molecular weight is 647 g/mol. The molecule has 5 aromatic carbocycles. The fourth-order valence-electron chi connectivity index (χ4n) is 6.77. The van der Waals surface area contributed by atoms with Crippen LogP contribution in [0, 0.1) is 11.3 Å². The van der Waals surface area contributed by atoms with Gasteiger partial charge in [0.2, 0.25) is 5.91 Å². The summed E-state index contributed by atoms with van der Waals surface area (Å²) in [4.78, 5) is 16.4. The number of amides is 1. The van der Waals surface area contributed by atoms with Crippen LogP contribution >= 0.6 is 0 Å². The van der Waals surface area contributed by atoms with Gasteiger partial charge >= 0.3 is 0 Å². The Kier molecular flexibility index (Phi) is 7.59. The summed E-state index contributed by atoms with van der Waals surface area (Å²) in [7, 11) is 0. The summed E-state index contributed by atoms with van der Waals surface area (Å²) < 4.78 is 4.13. The van der Waals surface area contributed by atoms with E-state index >= 15 is 0 Å². The van der Waals surface area contributed by atoms with Gasteiger partial charge in [0.25, 0.3) is 0 Å². The van der Waals surface area contributed by atoms with Gasteiger partial charge < -0.3 is 5.73 Å². The Balaban J connectivity index is 1.40. The summed E-state index contributed by atoms with van der Waals surface area (Å²) in [5.74, 6) is -0.470. The van der Waals surface area contributed by atoms with E-state index in [0.717, 1.165) is 56.0 Å². The highest BCUT2D eigenvalue weighted by molar-refractivity contribution is 5.93. The number of imidazole rings is 1. The van der Waals surface area contributed by atoms with Crippen LogP contribution in [0.4, 0.5) is 0 Å². The first kappa shape index (κ1) is 30.3. The summed E-state index contributed by atoms with van der Waals surface area (Å²) >= 11 is 0. The van der Waals surface area contributed by atoms with Crippen molar-refractivity contribution in [2.45, 2.75) is 5.54 Å². The third kappa shape index (κ3) is 5.13. The molecule has 0 unspecified atom stereocenters. The molecule has 0 saturated heterocycles. The number of nitrogens with zero attached hydrogens (tertiary/aromatic N) is 5. The van der Waals surface area contributed by atoms with Gasteiger partial charge in [-0.3, -0.25) is 13.9 Å². The van der Waals surface area contributed by atoms with Crippen LogP contribution in [0.25, 0.3) is 39.3 Å². The van der Waals surface area contributed by atoms with Crippen LogP contribution in [0.2, 0.25) is 0 Å². The molecule has 0 bridgehead atoms. The fourth-order valence-corrected chi connectivity index (χ4v) is 6.77. The molecule has 8 rings (SSSR count). The number of fused-ring (bicyclic) bond motifs is 1. The minimum atomic E-state index is -0.824. The highest BCUT2D eigenvalue weighted by Crippen LogP contribution is 2.43. The summed E-state index contributed by atoms with van der Waals surface area (Å²) in [6.07, 6.45) is 6.03. The van der Waals surface area contributed by atoms with E-state index in [4.69, 9.17) is 10.8 Å². The zero-order valence-corrected chi connectivity index (χ0v) is 26.9. The maximum absolute atomic E-state index is 11.7. The standard InChI is InChI=1S/C43H30N6O/c44-26-30-16-18-32(19-17-30)41-38(34-24-25-40-46-27-39(48(40)28-34)31-20-22-33(23-21-31)42(45)50)29-49(47-41)43(35-10-4-1-5-11-35,36-12-6-2-7-13-36)37-14-8-3-9-15-37/h1-25,27-29H,(H2,45,50). The van der Waals surface area contributed by atoms with Gasteiger partial charge in [0.05, 0.1) is 23.5 Å². The van der Waals surface area contributed by atoms with Crippen LogP contribution in [-0.2, 0) is 5.54 Å². The second-order valence-electron chi connectivity index (χ2n) is 12.1. The Morgan fingerprint density at radius 1 is 0.640 bits per heavy atom. The second kappa shape index (κ2) is 12.5. The number of primary amides is 1. The summed E-state index contributed by atoms with van der Waals surface area (Å²) in [5.41, 5.74) is 14.9. The molecule has 0 spiro atoms. The van der Waals surface area contributed by atoms with Crippen molar-refractivity contribution in [3.05, 3.63) is 198 Å². The SMILES string of the molecule is N#Cc1ccc(-c2nn(C(c3ccccc3)(c3ccccc3)c3ccccc3)cc2-c2ccc3ncc(-c4ccc(C(N)=O)cc4)n3c2)cc1. The molecule has 0 aliphatic rings. The second-order valence-corrected chi connectivity index (χ2v) is 12.1. The maximum atomic E-state index is 11.7. The Labute approximate surface area is 289 Å². The van der Waals surface area contributed by atoms with Crippen molar-refractivity contribution in [2.75, 3.05) is 0 Å². The molecule has 1 amide bonds. The van der Waals surface area contributed by atoms with E-state index in [1.165, 1.54) is 0 Å². The molecule has 238 valence electrons. The van der Waals surface area contributed by atoms with E-state index in [1.54, 1.807) is 12.1 Å². The van der Waals surface area contributed by atoms with E-state index < -0.39 is 11.4 Å². The molecule has 50 heavy (non-hydrogen) atoms. The van der Waals surface area contributed by atoms with E-state index in [9.17, 15) is 10.1 Å². The summed E-state index contributed by atoms with van der Waals surface area (Å²) in [5, 5.41) is 15.0. The maximum Gasteiger partial charge on any atom is 0.248 e. The lowest BCUT2D eigenvalue weighted by Gasteiger charge is -2.36. The lowest BCUT2D eigenvalue weighted by Crippen LogP contribution is -2.38. The van der Waals surface area contributed by atoms with Crippen LogP contribution in [0.5, 0.6) is 0 Å². The van der Waals surface area contributed by atoms with Crippen molar-refractivity contribution in [3.63, 3.8) is 0 Å². The summed E-state index contributed by atoms with van der Waals surface area (Å²) in [6, 6.07) is 52.4. The fraction of sp³-hybridized carbons (Fsp3) is 0.0233. The molecule has 3 aromatic heterocycles. The third-order valence-electron chi connectivity index (χ3n) is 9.20. The Bertz CT molecular complexity index is 2400. The molecule has 0 aliphatic heterocycles. The molecule has 8 aromatic rings. The number of pyridine rings is 1. The number of carbonyl (C=O) groups excluding carboxylic acids is 1. The molecule has 0 aliphatic carbocycles. The van der Waals surface area contributed by atoms with E-state index in [2.05, 4.69) is 107 Å². The minimum absolute atomic E-state index is 0.446.